The largest absolute Gasteiger partial charge is 0.355 e. The first-order chi connectivity index (χ1) is 10.0. The van der Waals surface area contributed by atoms with Crippen molar-refractivity contribution in [3.05, 3.63) is 62.7 Å². The zero-order valence-corrected chi connectivity index (χ0v) is 13.9. The molecule has 2 aromatic rings. The van der Waals surface area contributed by atoms with E-state index in [0.29, 0.717) is 16.8 Å². The second-order valence-corrected chi connectivity index (χ2v) is 5.76. The van der Waals surface area contributed by atoms with Crippen LogP contribution in [0.15, 0.2) is 42.5 Å². The number of amides is 2. The number of anilines is 1. The van der Waals surface area contributed by atoms with Crippen LogP contribution in [0, 0.1) is 10.5 Å². The van der Waals surface area contributed by atoms with Crippen LogP contribution in [0.1, 0.15) is 26.3 Å². The van der Waals surface area contributed by atoms with Crippen LogP contribution in [-0.4, -0.2) is 18.9 Å². The Morgan fingerprint density at radius 3 is 2.29 bits per heavy atom. The topological polar surface area (TPSA) is 58.2 Å². The first-order valence-electron chi connectivity index (χ1n) is 6.41. The summed E-state index contributed by atoms with van der Waals surface area (Å²) in [6.45, 7) is 1.81. The molecule has 2 N–H and O–H groups in total. The van der Waals surface area contributed by atoms with Gasteiger partial charge in [0.15, 0.2) is 0 Å². The van der Waals surface area contributed by atoms with E-state index >= 15 is 0 Å². The van der Waals surface area contributed by atoms with Crippen molar-refractivity contribution in [3.8, 4) is 0 Å². The maximum Gasteiger partial charge on any atom is 0.255 e. The quantitative estimate of drug-likeness (QED) is 0.786. The van der Waals surface area contributed by atoms with Crippen LogP contribution in [0.4, 0.5) is 5.69 Å². The molecule has 2 rings (SSSR count). The highest BCUT2D eigenvalue weighted by Crippen LogP contribution is 2.20. The predicted molar refractivity (Wildman–Crippen MR) is 91.7 cm³/mol. The van der Waals surface area contributed by atoms with Crippen molar-refractivity contribution in [1.82, 2.24) is 5.32 Å². The van der Waals surface area contributed by atoms with Crippen LogP contribution >= 0.6 is 22.6 Å². The summed E-state index contributed by atoms with van der Waals surface area (Å²) < 4.78 is 1.07. The van der Waals surface area contributed by atoms with Gasteiger partial charge in [-0.1, -0.05) is 6.07 Å². The van der Waals surface area contributed by atoms with E-state index in [0.717, 1.165) is 9.13 Å². The Morgan fingerprint density at radius 1 is 1.00 bits per heavy atom. The number of carbonyl (C=O) groups excluding carboxylic acids is 2. The monoisotopic (exact) mass is 394 g/mol. The summed E-state index contributed by atoms with van der Waals surface area (Å²) in [5.41, 5.74) is 2.52. The highest BCUT2D eigenvalue weighted by atomic mass is 127. The molecule has 0 aliphatic heterocycles. The molecule has 0 saturated carbocycles. The van der Waals surface area contributed by atoms with Crippen LogP contribution in [0.3, 0.4) is 0 Å². The maximum atomic E-state index is 12.2. The van der Waals surface area contributed by atoms with Gasteiger partial charge in [0.1, 0.15) is 0 Å². The molecule has 0 spiro atoms. The number of halogens is 1. The van der Waals surface area contributed by atoms with Gasteiger partial charge in [0.2, 0.25) is 0 Å². The van der Waals surface area contributed by atoms with Gasteiger partial charge >= 0.3 is 0 Å². The van der Waals surface area contributed by atoms with Gasteiger partial charge in [-0.3, -0.25) is 9.59 Å². The lowest BCUT2D eigenvalue weighted by Crippen LogP contribution is -2.20. The minimum absolute atomic E-state index is 0.169. The van der Waals surface area contributed by atoms with Gasteiger partial charge < -0.3 is 10.6 Å². The van der Waals surface area contributed by atoms with Crippen LogP contribution in [0.5, 0.6) is 0 Å². The lowest BCUT2D eigenvalue weighted by molar-refractivity contribution is 0.0960. The summed E-state index contributed by atoms with van der Waals surface area (Å²) >= 11 is 2.19. The molecule has 0 radical (unpaired) electrons. The zero-order valence-electron chi connectivity index (χ0n) is 11.7. The third-order valence-electron chi connectivity index (χ3n) is 3.16. The summed E-state index contributed by atoms with van der Waals surface area (Å²) in [6, 6.07) is 12.6. The number of hydrogen-bond donors (Lipinski definition) is 2. The zero-order chi connectivity index (χ0) is 15.4. The number of carbonyl (C=O) groups is 2. The standard InChI is InChI=1S/C16H15IN2O2/c1-10-13(16(21)18-2)4-3-5-14(10)19-15(20)11-6-8-12(17)9-7-11/h3-9H,1-2H3,(H,18,21)(H,19,20). The summed E-state index contributed by atoms with van der Waals surface area (Å²) in [5.74, 6) is -0.360. The van der Waals surface area contributed by atoms with E-state index in [4.69, 9.17) is 0 Å². The highest BCUT2D eigenvalue weighted by molar-refractivity contribution is 14.1. The number of nitrogens with one attached hydrogen (secondary N) is 2. The van der Waals surface area contributed by atoms with Gasteiger partial charge in [0, 0.05) is 27.4 Å². The second-order valence-electron chi connectivity index (χ2n) is 4.52. The molecule has 0 aliphatic rings. The Kier molecular flexibility index (Phi) is 4.95. The van der Waals surface area contributed by atoms with Gasteiger partial charge in [0.05, 0.1) is 0 Å². The Morgan fingerprint density at radius 2 is 1.67 bits per heavy atom. The Bertz CT molecular complexity index is 681. The average molecular weight is 394 g/mol. The first-order valence-corrected chi connectivity index (χ1v) is 7.49. The minimum Gasteiger partial charge on any atom is -0.355 e. The van der Waals surface area contributed by atoms with Crippen LogP contribution in [0.25, 0.3) is 0 Å². The second kappa shape index (κ2) is 6.71. The molecule has 0 fully saturated rings. The summed E-state index contributed by atoms with van der Waals surface area (Å²) in [6.07, 6.45) is 0. The lowest BCUT2D eigenvalue weighted by Gasteiger charge is -2.11. The Balaban J connectivity index is 2.25. The van der Waals surface area contributed by atoms with E-state index in [1.165, 1.54) is 0 Å². The van der Waals surface area contributed by atoms with E-state index in [-0.39, 0.29) is 11.8 Å². The van der Waals surface area contributed by atoms with E-state index in [2.05, 4.69) is 33.2 Å². The van der Waals surface area contributed by atoms with Crippen molar-refractivity contribution in [2.45, 2.75) is 6.92 Å². The predicted octanol–water partition coefficient (Wildman–Crippen LogP) is 3.21. The molecule has 0 aromatic heterocycles. The molecule has 2 aromatic carbocycles. The fourth-order valence-electron chi connectivity index (χ4n) is 1.95. The van der Waals surface area contributed by atoms with Gasteiger partial charge in [-0.15, -0.1) is 0 Å². The van der Waals surface area contributed by atoms with Crippen LogP contribution in [0.2, 0.25) is 0 Å². The molecule has 108 valence electrons. The van der Waals surface area contributed by atoms with E-state index in [1.54, 1.807) is 37.4 Å². The molecule has 0 unspecified atom stereocenters. The van der Waals surface area contributed by atoms with Gasteiger partial charge in [-0.25, -0.2) is 0 Å². The fourth-order valence-corrected chi connectivity index (χ4v) is 2.31. The summed E-state index contributed by atoms with van der Waals surface area (Å²) in [7, 11) is 1.58. The van der Waals surface area contributed by atoms with Crippen molar-refractivity contribution >= 4 is 40.1 Å². The van der Waals surface area contributed by atoms with E-state index < -0.39 is 0 Å². The van der Waals surface area contributed by atoms with Gasteiger partial charge in [-0.2, -0.15) is 0 Å². The first kappa shape index (κ1) is 15.5. The third kappa shape index (κ3) is 3.60. The molecule has 2 amide bonds. The molecular formula is C16H15IN2O2. The van der Waals surface area contributed by atoms with E-state index in [9.17, 15) is 9.59 Å². The molecule has 5 heteroatoms. The molecule has 0 atom stereocenters. The minimum atomic E-state index is -0.191. The highest BCUT2D eigenvalue weighted by Gasteiger charge is 2.12. The molecule has 0 bridgehead atoms. The van der Waals surface area contributed by atoms with Crippen molar-refractivity contribution in [3.63, 3.8) is 0 Å². The van der Waals surface area contributed by atoms with Crippen LogP contribution in [-0.2, 0) is 0 Å². The van der Waals surface area contributed by atoms with E-state index in [1.807, 2.05) is 19.1 Å². The number of rotatable bonds is 3. The summed E-state index contributed by atoms with van der Waals surface area (Å²) in [4.78, 5) is 24.0. The molecule has 0 aliphatic carbocycles. The van der Waals surface area contributed by atoms with Gasteiger partial charge in [0.25, 0.3) is 11.8 Å². The Hall–Kier alpha value is -1.89. The maximum absolute atomic E-state index is 12.2. The molecule has 0 heterocycles. The summed E-state index contributed by atoms with van der Waals surface area (Å²) in [5, 5.41) is 5.43. The fraction of sp³-hybridized carbons (Fsp3) is 0.125. The SMILES string of the molecule is CNC(=O)c1cccc(NC(=O)c2ccc(I)cc2)c1C. The number of benzene rings is 2. The van der Waals surface area contributed by atoms with Crippen molar-refractivity contribution in [2.24, 2.45) is 0 Å². The molecular weight excluding hydrogens is 379 g/mol. The normalized spacial score (nSPS) is 10.0. The molecule has 21 heavy (non-hydrogen) atoms. The lowest BCUT2D eigenvalue weighted by atomic mass is 10.1. The molecule has 4 nitrogen and oxygen atoms in total. The number of hydrogen-bond acceptors (Lipinski definition) is 2. The van der Waals surface area contributed by atoms with Crippen molar-refractivity contribution in [2.75, 3.05) is 12.4 Å². The molecule has 0 saturated heterocycles. The van der Waals surface area contributed by atoms with Crippen molar-refractivity contribution < 1.29 is 9.59 Å². The average Bonchev–Trinajstić information content (AvgIpc) is 2.49. The Labute approximate surface area is 137 Å². The third-order valence-corrected chi connectivity index (χ3v) is 3.88. The van der Waals surface area contributed by atoms with Crippen molar-refractivity contribution in [1.29, 1.82) is 0 Å². The smallest absolute Gasteiger partial charge is 0.255 e. The van der Waals surface area contributed by atoms with Gasteiger partial charge in [-0.05, 0) is 71.5 Å². The van der Waals surface area contributed by atoms with Crippen LogP contribution < -0.4 is 10.6 Å².